The van der Waals surface area contributed by atoms with Crippen LogP contribution in [0.4, 0.5) is 0 Å². The van der Waals surface area contributed by atoms with Crippen molar-refractivity contribution in [1.82, 2.24) is 14.9 Å². The molecule has 3 heteroatoms. The number of hydrogen-bond donors (Lipinski definition) is 0. The van der Waals surface area contributed by atoms with Crippen molar-refractivity contribution in [3.8, 4) is 0 Å². The molecule has 2 heterocycles. The molecular weight excluding hydrogens is 246 g/mol. The summed E-state index contributed by atoms with van der Waals surface area (Å²) in [6.07, 6.45) is 6.91. The summed E-state index contributed by atoms with van der Waals surface area (Å²) in [7, 11) is 0. The maximum atomic E-state index is 4.70. The summed E-state index contributed by atoms with van der Waals surface area (Å²) in [6, 6.07) is 2.07. The van der Waals surface area contributed by atoms with E-state index >= 15 is 0 Å². The molecule has 0 aromatic carbocycles. The number of nitrogens with zero attached hydrogens (tertiary/aromatic N) is 3. The maximum absolute atomic E-state index is 4.70. The van der Waals surface area contributed by atoms with Crippen LogP contribution in [-0.4, -0.2) is 28.0 Å². The van der Waals surface area contributed by atoms with E-state index in [0.717, 1.165) is 24.2 Å². The van der Waals surface area contributed by atoms with Gasteiger partial charge in [0.15, 0.2) is 0 Å². The fraction of sp³-hybridized carbons (Fsp3) is 0.647. The SMILES string of the molecule is CC1=CC[C@@H]2CN(Cc3ccnc(C(C)C)n3)C[C@@H]2C1. The van der Waals surface area contributed by atoms with Gasteiger partial charge in [-0.3, -0.25) is 4.90 Å². The molecule has 0 N–H and O–H groups in total. The molecule has 0 radical (unpaired) electrons. The van der Waals surface area contributed by atoms with E-state index in [-0.39, 0.29) is 0 Å². The minimum absolute atomic E-state index is 0.406. The van der Waals surface area contributed by atoms with Crippen molar-refractivity contribution in [3.05, 3.63) is 35.4 Å². The molecule has 3 nitrogen and oxygen atoms in total. The third kappa shape index (κ3) is 2.93. The molecule has 0 spiro atoms. The van der Waals surface area contributed by atoms with Gasteiger partial charge in [0.05, 0.1) is 5.69 Å². The van der Waals surface area contributed by atoms with Crippen LogP contribution in [0.5, 0.6) is 0 Å². The summed E-state index contributed by atoms with van der Waals surface area (Å²) in [5.74, 6) is 3.11. The molecule has 1 fully saturated rings. The average molecular weight is 271 g/mol. The minimum Gasteiger partial charge on any atom is -0.297 e. The summed E-state index contributed by atoms with van der Waals surface area (Å²) in [6.45, 7) is 10.0. The van der Waals surface area contributed by atoms with Crippen molar-refractivity contribution in [3.63, 3.8) is 0 Å². The Bertz CT molecular complexity index is 507. The van der Waals surface area contributed by atoms with Crippen LogP contribution in [0.2, 0.25) is 0 Å². The Morgan fingerprint density at radius 1 is 1.30 bits per heavy atom. The largest absolute Gasteiger partial charge is 0.297 e. The average Bonchev–Trinajstić information content (AvgIpc) is 2.80. The van der Waals surface area contributed by atoms with Crippen LogP contribution in [0.15, 0.2) is 23.9 Å². The third-order valence-corrected chi connectivity index (χ3v) is 4.64. The van der Waals surface area contributed by atoms with Crippen LogP contribution >= 0.6 is 0 Å². The van der Waals surface area contributed by atoms with E-state index in [1.165, 1.54) is 31.6 Å². The highest BCUT2D eigenvalue weighted by Crippen LogP contribution is 2.36. The lowest BCUT2D eigenvalue weighted by molar-refractivity contribution is 0.309. The molecule has 2 aliphatic rings. The van der Waals surface area contributed by atoms with Gasteiger partial charge in [0.25, 0.3) is 0 Å². The normalized spacial score (nSPS) is 26.7. The summed E-state index contributed by atoms with van der Waals surface area (Å²) in [4.78, 5) is 11.6. The zero-order chi connectivity index (χ0) is 14.1. The van der Waals surface area contributed by atoms with Crippen molar-refractivity contribution in [2.24, 2.45) is 11.8 Å². The fourth-order valence-electron chi connectivity index (χ4n) is 3.52. The molecule has 0 amide bonds. The topological polar surface area (TPSA) is 29.0 Å². The van der Waals surface area contributed by atoms with Gasteiger partial charge in [-0.25, -0.2) is 9.97 Å². The van der Waals surface area contributed by atoms with Crippen LogP contribution in [0, 0.1) is 11.8 Å². The standard InChI is InChI=1S/C17H25N3/c1-12(2)17-18-7-6-16(19-17)11-20-9-14-5-4-13(3)8-15(14)10-20/h4,6-7,12,14-15H,5,8-11H2,1-3H3/t14-,15+/m1/s1. The van der Waals surface area contributed by atoms with E-state index < -0.39 is 0 Å². The monoisotopic (exact) mass is 271 g/mol. The van der Waals surface area contributed by atoms with Crippen LogP contribution in [0.25, 0.3) is 0 Å². The predicted molar refractivity (Wildman–Crippen MR) is 81.4 cm³/mol. The molecular formula is C17H25N3. The van der Waals surface area contributed by atoms with E-state index in [2.05, 4.69) is 42.8 Å². The molecule has 3 rings (SSSR count). The van der Waals surface area contributed by atoms with Crippen LogP contribution in [-0.2, 0) is 6.54 Å². The molecule has 1 aromatic rings. The highest BCUT2D eigenvalue weighted by Gasteiger charge is 2.33. The Kier molecular flexibility index (Phi) is 3.88. The Morgan fingerprint density at radius 3 is 2.90 bits per heavy atom. The fourth-order valence-corrected chi connectivity index (χ4v) is 3.52. The maximum Gasteiger partial charge on any atom is 0.131 e. The molecule has 1 aliphatic heterocycles. The van der Waals surface area contributed by atoms with Crippen molar-refractivity contribution >= 4 is 0 Å². The Morgan fingerprint density at radius 2 is 2.10 bits per heavy atom. The molecule has 0 unspecified atom stereocenters. The van der Waals surface area contributed by atoms with Crippen molar-refractivity contribution in [1.29, 1.82) is 0 Å². The number of allylic oxidation sites excluding steroid dienone is 2. The molecule has 108 valence electrons. The molecule has 0 bridgehead atoms. The number of likely N-dealkylation sites (tertiary alicyclic amines) is 1. The Hall–Kier alpha value is -1.22. The van der Waals surface area contributed by atoms with E-state index in [0.29, 0.717) is 5.92 Å². The van der Waals surface area contributed by atoms with E-state index in [4.69, 9.17) is 4.98 Å². The third-order valence-electron chi connectivity index (χ3n) is 4.64. The molecule has 0 saturated carbocycles. The summed E-state index contributed by atoms with van der Waals surface area (Å²) >= 11 is 0. The molecule has 2 atom stereocenters. The van der Waals surface area contributed by atoms with Crippen molar-refractivity contribution in [2.45, 2.75) is 46.1 Å². The van der Waals surface area contributed by atoms with Gasteiger partial charge in [-0.1, -0.05) is 25.5 Å². The van der Waals surface area contributed by atoms with E-state index in [1.807, 2.05) is 6.20 Å². The first-order valence-corrected chi connectivity index (χ1v) is 7.81. The van der Waals surface area contributed by atoms with Crippen molar-refractivity contribution < 1.29 is 0 Å². The van der Waals surface area contributed by atoms with Gasteiger partial charge in [0, 0.05) is 31.7 Å². The number of rotatable bonds is 3. The Balaban J connectivity index is 1.64. The summed E-state index contributed by atoms with van der Waals surface area (Å²) < 4.78 is 0. The zero-order valence-electron chi connectivity index (χ0n) is 12.8. The first kappa shape index (κ1) is 13.7. The number of fused-ring (bicyclic) bond motifs is 1. The minimum atomic E-state index is 0.406. The highest BCUT2D eigenvalue weighted by atomic mass is 15.2. The van der Waals surface area contributed by atoms with Gasteiger partial charge in [-0.2, -0.15) is 0 Å². The number of aromatic nitrogens is 2. The second-order valence-electron chi connectivity index (χ2n) is 6.77. The molecule has 1 aliphatic carbocycles. The molecule has 1 saturated heterocycles. The molecule has 1 aromatic heterocycles. The molecule has 20 heavy (non-hydrogen) atoms. The Labute approximate surface area is 122 Å². The number of hydrogen-bond acceptors (Lipinski definition) is 3. The van der Waals surface area contributed by atoms with Gasteiger partial charge in [0.2, 0.25) is 0 Å². The van der Waals surface area contributed by atoms with E-state index in [1.54, 1.807) is 5.57 Å². The van der Waals surface area contributed by atoms with Crippen LogP contribution in [0.3, 0.4) is 0 Å². The van der Waals surface area contributed by atoms with Gasteiger partial charge in [0.1, 0.15) is 5.82 Å². The first-order chi connectivity index (χ1) is 9.61. The second kappa shape index (κ2) is 5.65. The lowest BCUT2D eigenvalue weighted by Gasteiger charge is -2.22. The summed E-state index contributed by atoms with van der Waals surface area (Å²) in [5.41, 5.74) is 2.75. The lowest BCUT2D eigenvalue weighted by Crippen LogP contribution is -2.21. The van der Waals surface area contributed by atoms with Crippen molar-refractivity contribution in [2.75, 3.05) is 13.1 Å². The highest BCUT2D eigenvalue weighted by molar-refractivity contribution is 5.10. The first-order valence-electron chi connectivity index (χ1n) is 7.81. The second-order valence-corrected chi connectivity index (χ2v) is 6.77. The van der Waals surface area contributed by atoms with Gasteiger partial charge >= 0.3 is 0 Å². The smallest absolute Gasteiger partial charge is 0.131 e. The van der Waals surface area contributed by atoms with Gasteiger partial charge in [-0.05, 0) is 37.7 Å². The predicted octanol–water partition coefficient (Wildman–Crippen LogP) is 3.39. The van der Waals surface area contributed by atoms with E-state index in [9.17, 15) is 0 Å². The van der Waals surface area contributed by atoms with Gasteiger partial charge in [-0.15, -0.1) is 0 Å². The quantitative estimate of drug-likeness (QED) is 0.789. The lowest BCUT2D eigenvalue weighted by atomic mass is 9.83. The van der Waals surface area contributed by atoms with Crippen LogP contribution < -0.4 is 0 Å². The summed E-state index contributed by atoms with van der Waals surface area (Å²) in [5, 5.41) is 0. The van der Waals surface area contributed by atoms with Gasteiger partial charge < -0.3 is 0 Å². The zero-order valence-corrected chi connectivity index (χ0v) is 12.8. The van der Waals surface area contributed by atoms with Crippen LogP contribution in [0.1, 0.15) is 51.0 Å².